The van der Waals surface area contributed by atoms with E-state index in [0.29, 0.717) is 11.8 Å². The molecule has 158 valence electrons. The third-order valence-electron chi connectivity index (χ3n) is 9.55. The molecule has 5 aliphatic rings. The van der Waals surface area contributed by atoms with Crippen molar-refractivity contribution in [2.24, 2.45) is 34.0 Å². The van der Waals surface area contributed by atoms with Gasteiger partial charge in [-0.15, -0.1) is 0 Å². The topological polar surface area (TPSA) is 72.8 Å². The Morgan fingerprint density at radius 2 is 1.79 bits per heavy atom. The standard InChI is InChI=1S/C23H36O5/c1-15(24)28-14-23(26)13-22-10-6-16(23)12-18(22)20(2)8-5-9-21(3,19(25)27-4)17(20)7-11-22/h16-18,26H,5-14H2,1-4H3/t16-,17+,18+,20-,21-,22-,23+/m1/s1. The maximum Gasteiger partial charge on any atom is 0.311 e. The van der Waals surface area contributed by atoms with Gasteiger partial charge in [0.15, 0.2) is 0 Å². The first-order chi connectivity index (χ1) is 13.1. The Labute approximate surface area is 168 Å². The van der Waals surface area contributed by atoms with E-state index in [-0.39, 0.29) is 35.3 Å². The summed E-state index contributed by atoms with van der Waals surface area (Å²) in [5.41, 5.74) is -1.05. The molecular weight excluding hydrogens is 356 g/mol. The third-order valence-corrected chi connectivity index (χ3v) is 9.55. The number of ether oxygens (including phenoxy) is 2. The predicted octanol–water partition coefficient (Wildman–Crippen LogP) is 3.87. The van der Waals surface area contributed by atoms with Crippen LogP contribution in [0.1, 0.15) is 78.6 Å². The zero-order valence-corrected chi connectivity index (χ0v) is 17.9. The summed E-state index contributed by atoms with van der Waals surface area (Å²) >= 11 is 0. The number of aliphatic hydroxyl groups is 1. The summed E-state index contributed by atoms with van der Waals surface area (Å²) < 4.78 is 10.5. The molecule has 5 heteroatoms. The van der Waals surface area contributed by atoms with E-state index >= 15 is 0 Å². The monoisotopic (exact) mass is 392 g/mol. The fraction of sp³-hybridized carbons (Fsp3) is 0.913. The van der Waals surface area contributed by atoms with Gasteiger partial charge in [-0.25, -0.2) is 0 Å². The number of carbonyl (C=O) groups is 2. The van der Waals surface area contributed by atoms with E-state index in [4.69, 9.17) is 9.47 Å². The van der Waals surface area contributed by atoms with Gasteiger partial charge in [-0.05, 0) is 86.9 Å². The van der Waals surface area contributed by atoms with Crippen LogP contribution in [0.3, 0.4) is 0 Å². The first-order valence-corrected chi connectivity index (χ1v) is 11.0. The molecule has 5 fully saturated rings. The Bertz CT molecular complexity index is 676. The van der Waals surface area contributed by atoms with Crippen LogP contribution in [0.4, 0.5) is 0 Å². The van der Waals surface area contributed by atoms with Crippen molar-refractivity contribution in [3.8, 4) is 0 Å². The molecule has 2 bridgehead atoms. The van der Waals surface area contributed by atoms with E-state index in [2.05, 4.69) is 13.8 Å². The number of hydrogen-bond acceptors (Lipinski definition) is 5. The van der Waals surface area contributed by atoms with Gasteiger partial charge >= 0.3 is 11.9 Å². The lowest BCUT2D eigenvalue weighted by Gasteiger charge is -2.69. The molecule has 0 aromatic carbocycles. The Hall–Kier alpha value is -1.10. The minimum absolute atomic E-state index is 0.0493. The average Bonchev–Trinajstić information content (AvgIpc) is 2.65. The molecule has 0 aliphatic heterocycles. The van der Waals surface area contributed by atoms with E-state index in [9.17, 15) is 14.7 Å². The molecule has 0 aromatic heterocycles. The molecular formula is C23H36O5. The van der Waals surface area contributed by atoms with Crippen molar-refractivity contribution in [2.75, 3.05) is 13.7 Å². The second-order valence-corrected chi connectivity index (χ2v) is 10.8. The Morgan fingerprint density at radius 3 is 2.46 bits per heavy atom. The van der Waals surface area contributed by atoms with Crippen molar-refractivity contribution in [3.63, 3.8) is 0 Å². The number of rotatable bonds is 3. The van der Waals surface area contributed by atoms with E-state index in [1.807, 2.05) is 0 Å². The van der Waals surface area contributed by atoms with Crippen LogP contribution in [0.15, 0.2) is 0 Å². The lowest BCUT2D eigenvalue weighted by molar-refractivity contribution is -0.247. The molecule has 0 unspecified atom stereocenters. The maximum atomic E-state index is 12.7. The number of hydrogen-bond donors (Lipinski definition) is 1. The van der Waals surface area contributed by atoms with E-state index in [0.717, 1.165) is 57.8 Å². The SMILES string of the molecule is COC(=O)[C@]1(C)CCC[C@@]2(C)[C@@H]3C[C@H]4CC[C@@]3(CC[C@@H]21)C[C@]4(O)COC(C)=O. The molecule has 5 saturated carbocycles. The Kier molecular flexibility index (Phi) is 4.65. The van der Waals surface area contributed by atoms with Crippen LogP contribution in [0.5, 0.6) is 0 Å². The normalized spacial score (nSPS) is 49.7. The van der Waals surface area contributed by atoms with Gasteiger partial charge in [-0.2, -0.15) is 0 Å². The second-order valence-electron chi connectivity index (χ2n) is 10.8. The largest absolute Gasteiger partial charge is 0.469 e. The van der Waals surface area contributed by atoms with Crippen LogP contribution in [-0.4, -0.2) is 36.4 Å². The van der Waals surface area contributed by atoms with E-state index in [1.165, 1.54) is 14.0 Å². The molecule has 1 spiro atoms. The van der Waals surface area contributed by atoms with E-state index in [1.54, 1.807) is 0 Å². The van der Waals surface area contributed by atoms with Gasteiger partial charge in [0.05, 0.1) is 12.5 Å². The van der Waals surface area contributed by atoms with Crippen molar-refractivity contribution in [3.05, 3.63) is 0 Å². The van der Waals surface area contributed by atoms with Gasteiger partial charge in [0.2, 0.25) is 0 Å². The van der Waals surface area contributed by atoms with E-state index < -0.39 is 11.0 Å². The zero-order valence-electron chi connectivity index (χ0n) is 17.9. The highest BCUT2D eigenvalue weighted by Crippen LogP contribution is 2.72. The van der Waals surface area contributed by atoms with Gasteiger partial charge in [0.25, 0.3) is 0 Å². The second kappa shape index (κ2) is 6.45. The van der Waals surface area contributed by atoms with Gasteiger partial charge in [0.1, 0.15) is 12.2 Å². The fourth-order valence-electron chi connectivity index (χ4n) is 8.38. The predicted molar refractivity (Wildman–Crippen MR) is 104 cm³/mol. The highest BCUT2D eigenvalue weighted by molar-refractivity contribution is 5.77. The summed E-state index contributed by atoms with van der Waals surface area (Å²) in [6, 6.07) is 0. The van der Waals surface area contributed by atoms with Crippen molar-refractivity contribution in [1.29, 1.82) is 0 Å². The van der Waals surface area contributed by atoms with Crippen molar-refractivity contribution >= 4 is 11.9 Å². The van der Waals surface area contributed by atoms with Crippen LogP contribution in [0, 0.1) is 34.0 Å². The zero-order chi connectivity index (χ0) is 20.4. The Morgan fingerprint density at radius 1 is 1.07 bits per heavy atom. The molecule has 5 nitrogen and oxygen atoms in total. The first-order valence-electron chi connectivity index (χ1n) is 11.0. The molecule has 28 heavy (non-hydrogen) atoms. The summed E-state index contributed by atoms with van der Waals surface area (Å²) in [4.78, 5) is 24.1. The summed E-state index contributed by atoms with van der Waals surface area (Å²) in [7, 11) is 1.52. The average molecular weight is 393 g/mol. The smallest absolute Gasteiger partial charge is 0.311 e. The van der Waals surface area contributed by atoms with Gasteiger partial charge in [-0.3, -0.25) is 9.59 Å². The number of fused-ring (bicyclic) bond motifs is 3. The van der Waals surface area contributed by atoms with Crippen LogP contribution in [-0.2, 0) is 19.1 Å². The van der Waals surface area contributed by atoms with Crippen molar-refractivity contribution in [1.82, 2.24) is 0 Å². The summed E-state index contributed by atoms with van der Waals surface area (Å²) in [5, 5.41) is 11.4. The summed E-state index contributed by atoms with van der Waals surface area (Å²) in [5.74, 6) is 0.685. The number of carbonyl (C=O) groups excluding carboxylic acids is 2. The van der Waals surface area contributed by atoms with Gasteiger partial charge < -0.3 is 14.6 Å². The molecule has 0 radical (unpaired) electrons. The molecule has 1 N–H and O–H groups in total. The quantitative estimate of drug-likeness (QED) is 0.738. The highest BCUT2D eigenvalue weighted by Gasteiger charge is 2.68. The van der Waals surface area contributed by atoms with Gasteiger partial charge in [0, 0.05) is 6.92 Å². The third kappa shape index (κ3) is 2.68. The lowest BCUT2D eigenvalue weighted by atomic mass is 9.35. The highest BCUT2D eigenvalue weighted by atomic mass is 16.5. The molecule has 0 saturated heterocycles. The van der Waals surface area contributed by atoms with Crippen LogP contribution >= 0.6 is 0 Å². The maximum absolute atomic E-state index is 12.7. The molecule has 7 atom stereocenters. The minimum atomic E-state index is -0.885. The summed E-state index contributed by atoms with van der Waals surface area (Å²) in [6.07, 6.45) is 9.11. The first kappa shape index (κ1) is 20.2. The number of esters is 2. The number of methoxy groups -OCH3 is 1. The fourth-order valence-corrected chi connectivity index (χ4v) is 8.38. The van der Waals surface area contributed by atoms with Crippen LogP contribution in [0.25, 0.3) is 0 Å². The molecule has 5 rings (SSSR count). The molecule has 0 amide bonds. The van der Waals surface area contributed by atoms with Crippen molar-refractivity contribution in [2.45, 2.75) is 84.2 Å². The van der Waals surface area contributed by atoms with Crippen LogP contribution in [0.2, 0.25) is 0 Å². The molecule has 0 heterocycles. The minimum Gasteiger partial charge on any atom is -0.469 e. The Balaban J connectivity index is 1.65. The van der Waals surface area contributed by atoms with Crippen LogP contribution < -0.4 is 0 Å². The van der Waals surface area contributed by atoms with Crippen molar-refractivity contribution < 1.29 is 24.2 Å². The summed E-state index contributed by atoms with van der Waals surface area (Å²) in [6.45, 7) is 6.07. The molecule has 0 aromatic rings. The lowest BCUT2D eigenvalue weighted by Crippen LogP contribution is -2.66. The van der Waals surface area contributed by atoms with Gasteiger partial charge in [-0.1, -0.05) is 13.3 Å². The molecule has 5 aliphatic carbocycles.